The molecule has 0 bridgehead atoms. The first-order chi connectivity index (χ1) is 14.2. The number of esters is 1. The van der Waals surface area contributed by atoms with E-state index >= 15 is 0 Å². The average Bonchev–Trinajstić information content (AvgIpc) is 2.78. The molecule has 0 aliphatic heterocycles. The van der Waals surface area contributed by atoms with E-state index in [0.717, 1.165) is 23.1 Å². The summed E-state index contributed by atoms with van der Waals surface area (Å²) in [6, 6.07) is 25.4. The Morgan fingerprint density at radius 2 is 1.45 bits per heavy atom. The van der Waals surface area contributed by atoms with E-state index in [4.69, 9.17) is 4.74 Å². The fourth-order valence-electron chi connectivity index (χ4n) is 2.99. The third-order valence-corrected chi connectivity index (χ3v) is 4.80. The van der Waals surface area contributed by atoms with Gasteiger partial charge in [-0.1, -0.05) is 67.6 Å². The van der Waals surface area contributed by atoms with E-state index in [9.17, 15) is 4.79 Å². The van der Waals surface area contributed by atoms with Crippen LogP contribution in [-0.4, -0.2) is 5.97 Å². The molecule has 3 aromatic rings. The SMILES string of the molecule is CCCCc1ccc(C#Cc2ccc(C(=O)OC(C)c3ccccc3)cc2)cc1. The van der Waals surface area contributed by atoms with Crippen LogP contribution in [-0.2, 0) is 11.2 Å². The average molecular weight is 383 g/mol. The van der Waals surface area contributed by atoms with Gasteiger partial charge in [-0.15, -0.1) is 0 Å². The topological polar surface area (TPSA) is 26.3 Å². The van der Waals surface area contributed by atoms with Gasteiger partial charge in [0.1, 0.15) is 6.10 Å². The van der Waals surface area contributed by atoms with Crippen molar-refractivity contribution in [2.45, 2.75) is 39.2 Å². The normalized spacial score (nSPS) is 11.2. The van der Waals surface area contributed by atoms with Crippen molar-refractivity contribution in [3.63, 3.8) is 0 Å². The number of carbonyl (C=O) groups excluding carboxylic acids is 1. The van der Waals surface area contributed by atoms with Gasteiger partial charge in [-0.3, -0.25) is 0 Å². The van der Waals surface area contributed by atoms with Gasteiger partial charge in [0.2, 0.25) is 0 Å². The highest BCUT2D eigenvalue weighted by molar-refractivity contribution is 5.89. The number of carbonyl (C=O) groups is 1. The molecule has 3 rings (SSSR count). The van der Waals surface area contributed by atoms with Gasteiger partial charge in [-0.05, 0) is 67.3 Å². The van der Waals surface area contributed by atoms with Crippen molar-refractivity contribution in [2.24, 2.45) is 0 Å². The lowest BCUT2D eigenvalue weighted by atomic mass is 10.1. The van der Waals surface area contributed by atoms with Crippen LogP contribution >= 0.6 is 0 Å². The van der Waals surface area contributed by atoms with Crippen LogP contribution in [0.2, 0.25) is 0 Å². The fourth-order valence-corrected chi connectivity index (χ4v) is 2.99. The molecule has 2 heteroatoms. The molecule has 0 aliphatic carbocycles. The molecule has 0 heterocycles. The first kappa shape index (κ1) is 20.4. The van der Waals surface area contributed by atoms with Crippen LogP contribution in [0.5, 0.6) is 0 Å². The molecule has 0 aliphatic rings. The molecule has 0 amide bonds. The van der Waals surface area contributed by atoms with Gasteiger partial charge in [-0.2, -0.15) is 0 Å². The lowest BCUT2D eigenvalue weighted by Crippen LogP contribution is -2.09. The van der Waals surface area contributed by atoms with Crippen molar-refractivity contribution < 1.29 is 9.53 Å². The monoisotopic (exact) mass is 382 g/mol. The van der Waals surface area contributed by atoms with E-state index in [-0.39, 0.29) is 12.1 Å². The predicted octanol–water partition coefficient (Wildman–Crippen LogP) is 6.35. The zero-order valence-electron chi connectivity index (χ0n) is 17.0. The van der Waals surface area contributed by atoms with Gasteiger partial charge in [0.05, 0.1) is 5.56 Å². The van der Waals surface area contributed by atoms with E-state index in [1.165, 1.54) is 18.4 Å². The fraction of sp³-hybridized carbons (Fsp3) is 0.222. The minimum Gasteiger partial charge on any atom is -0.454 e. The summed E-state index contributed by atoms with van der Waals surface area (Å²) in [6.45, 7) is 4.08. The summed E-state index contributed by atoms with van der Waals surface area (Å²) < 4.78 is 5.56. The van der Waals surface area contributed by atoms with Gasteiger partial charge in [0, 0.05) is 11.1 Å². The molecule has 0 N–H and O–H groups in total. The summed E-state index contributed by atoms with van der Waals surface area (Å²) in [5.74, 6) is 6.00. The van der Waals surface area contributed by atoms with Gasteiger partial charge >= 0.3 is 5.97 Å². The second kappa shape index (κ2) is 10.3. The molecule has 146 valence electrons. The van der Waals surface area contributed by atoms with Crippen molar-refractivity contribution in [2.75, 3.05) is 0 Å². The summed E-state index contributed by atoms with van der Waals surface area (Å²) in [7, 11) is 0. The summed E-state index contributed by atoms with van der Waals surface area (Å²) in [5.41, 5.74) is 4.71. The molecular weight excluding hydrogens is 356 g/mol. The minimum absolute atomic E-state index is 0.288. The molecule has 2 nitrogen and oxygen atoms in total. The largest absolute Gasteiger partial charge is 0.454 e. The standard InChI is InChI=1S/C27H26O2/c1-3-4-8-22-11-13-23(14-12-22)15-16-24-17-19-26(20-18-24)27(28)29-21(2)25-9-6-5-7-10-25/h5-7,9-14,17-21H,3-4,8H2,1-2H3. The maximum absolute atomic E-state index is 12.4. The Morgan fingerprint density at radius 1 is 0.862 bits per heavy atom. The van der Waals surface area contributed by atoms with Crippen LogP contribution in [0.3, 0.4) is 0 Å². The first-order valence-corrected chi connectivity index (χ1v) is 10.1. The zero-order chi connectivity index (χ0) is 20.5. The van der Waals surface area contributed by atoms with Crippen LogP contribution in [0.25, 0.3) is 0 Å². The number of aryl methyl sites for hydroxylation is 1. The Bertz CT molecular complexity index is 975. The van der Waals surface area contributed by atoms with Gasteiger partial charge in [-0.25, -0.2) is 4.79 Å². The molecule has 29 heavy (non-hydrogen) atoms. The maximum atomic E-state index is 12.4. The molecule has 3 aromatic carbocycles. The van der Waals surface area contributed by atoms with Crippen molar-refractivity contribution in [1.82, 2.24) is 0 Å². The van der Waals surface area contributed by atoms with Crippen LogP contribution in [0.4, 0.5) is 0 Å². The molecular formula is C27H26O2. The summed E-state index contributed by atoms with van der Waals surface area (Å²) in [4.78, 5) is 12.4. The summed E-state index contributed by atoms with van der Waals surface area (Å²) in [6.07, 6.45) is 3.24. The third kappa shape index (κ3) is 6.09. The lowest BCUT2D eigenvalue weighted by molar-refractivity contribution is 0.0338. The molecule has 1 atom stereocenters. The highest BCUT2D eigenvalue weighted by Gasteiger charge is 2.13. The molecule has 0 spiro atoms. The predicted molar refractivity (Wildman–Crippen MR) is 118 cm³/mol. The van der Waals surface area contributed by atoms with E-state index in [1.807, 2.05) is 49.4 Å². The van der Waals surface area contributed by atoms with Crippen molar-refractivity contribution in [3.8, 4) is 11.8 Å². The van der Waals surface area contributed by atoms with Crippen molar-refractivity contribution in [1.29, 1.82) is 0 Å². The first-order valence-electron chi connectivity index (χ1n) is 10.1. The highest BCUT2D eigenvalue weighted by Crippen LogP contribution is 2.18. The zero-order valence-corrected chi connectivity index (χ0v) is 17.0. The Hall–Kier alpha value is -3.31. The number of hydrogen-bond donors (Lipinski definition) is 0. The Kier molecular flexibility index (Phi) is 7.25. The number of unbranched alkanes of at least 4 members (excludes halogenated alkanes) is 1. The minimum atomic E-state index is -0.330. The lowest BCUT2D eigenvalue weighted by Gasteiger charge is -2.13. The van der Waals surface area contributed by atoms with Crippen molar-refractivity contribution >= 4 is 5.97 Å². The molecule has 0 saturated heterocycles. The second-order valence-electron chi connectivity index (χ2n) is 7.09. The molecule has 0 radical (unpaired) electrons. The smallest absolute Gasteiger partial charge is 0.338 e. The number of benzene rings is 3. The maximum Gasteiger partial charge on any atom is 0.338 e. The van der Waals surface area contributed by atoms with Crippen LogP contribution in [0, 0.1) is 11.8 Å². The highest BCUT2D eigenvalue weighted by atomic mass is 16.5. The third-order valence-electron chi connectivity index (χ3n) is 4.80. The molecule has 0 saturated carbocycles. The Morgan fingerprint density at radius 3 is 2.03 bits per heavy atom. The van der Waals surface area contributed by atoms with Crippen LogP contribution in [0.1, 0.15) is 65.4 Å². The van der Waals surface area contributed by atoms with E-state index < -0.39 is 0 Å². The molecule has 0 aromatic heterocycles. The van der Waals surface area contributed by atoms with Gasteiger partial charge in [0.15, 0.2) is 0 Å². The van der Waals surface area contributed by atoms with Crippen molar-refractivity contribution in [3.05, 3.63) is 107 Å². The van der Waals surface area contributed by atoms with Gasteiger partial charge < -0.3 is 4.74 Å². The summed E-state index contributed by atoms with van der Waals surface area (Å²) >= 11 is 0. The number of rotatable bonds is 6. The van der Waals surface area contributed by atoms with E-state index in [1.54, 1.807) is 12.1 Å². The van der Waals surface area contributed by atoms with Crippen LogP contribution < -0.4 is 0 Å². The molecule has 0 fully saturated rings. The number of ether oxygens (including phenoxy) is 1. The van der Waals surface area contributed by atoms with Gasteiger partial charge in [0.25, 0.3) is 0 Å². The number of hydrogen-bond acceptors (Lipinski definition) is 2. The molecule has 1 unspecified atom stereocenters. The second-order valence-corrected chi connectivity index (χ2v) is 7.09. The summed E-state index contributed by atoms with van der Waals surface area (Å²) in [5, 5.41) is 0. The van der Waals surface area contributed by atoms with E-state index in [0.29, 0.717) is 5.56 Å². The van der Waals surface area contributed by atoms with Crippen LogP contribution in [0.15, 0.2) is 78.9 Å². The van der Waals surface area contributed by atoms with E-state index in [2.05, 4.69) is 43.0 Å². The quantitative estimate of drug-likeness (QED) is 0.367. The Labute approximate surface area is 173 Å². The Balaban J connectivity index is 1.60.